The summed E-state index contributed by atoms with van der Waals surface area (Å²) in [5.41, 5.74) is 0.403. The van der Waals surface area contributed by atoms with Crippen LogP contribution in [0.2, 0.25) is 5.02 Å². The summed E-state index contributed by atoms with van der Waals surface area (Å²) in [6, 6.07) is 3.62. The van der Waals surface area contributed by atoms with Crippen molar-refractivity contribution in [3.8, 4) is 0 Å². The second-order valence-corrected chi connectivity index (χ2v) is 6.32. The zero-order valence-electron chi connectivity index (χ0n) is 12.6. The molecule has 5 nitrogen and oxygen atoms in total. The van der Waals surface area contributed by atoms with E-state index in [9.17, 15) is 14.0 Å². The second kappa shape index (κ2) is 6.84. The lowest BCUT2D eigenvalue weighted by Gasteiger charge is -2.43. The molecule has 1 amide bonds. The molecule has 2 saturated heterocycles. The van der Waals surface area contributed by atoms with E-state index in [1.165, 1.54) is 18.2 Å². The predicted octanol–water partition coefficient (Wildman–Crippen LogP) is 2.59. The highest BCUT2D eigenvalue weighted by Gasteiger charge is 2.40. The van der Waals surface area contributed by atoms with Gasteiger partial charge in [0.15, 0.2) is 0 Å². The quantitative estimate of drug-likeness (QED) is 0.859. The van der Waals surface area contributed by atoms with Crippen molar-refractivity contribution in [3.63, 3.8) is 0 Å². The molecular formula is C16H18ClFN2O3. The van der Waals surface area contributed by atoms with Crippen LogP contribution in [-0.4, -0.2) is 42.0 Å². The fourth-order valence-electron chi connectivity index (χ4n) is 3.18. The molecule has 1 aromatic rings. The Morgan fingerprint density at radius 3 is 3.04 bits per heavy atom. The average molecular weight is 341 g/mol. The lowest BCUT2D eigenvalue weighted by molar-refractivity contribution is -0.165. The third-order valence-electron chi connectivity index (χ3n) is 4.35. The number of morpholine rings is 1. The number of amides is 1. The number of anilines is 1. The number of halogens is 2. The Labute approximate surface area is 138 Å². The molecule has 2 heterocycles. The van der Waals surface area contributed by atoms with Crippen molar-refractivity contribution in [2.45, 2.75) is 37.8 Å². The molecule has 7 heteroatoms. The fraction of sp³-hybridized carbons (Fsp3) is 0.500. The first-order valence-corrected chi connectivity index (χ1v) is 8.09. The lowest BCUT2D eigenvalue weighted by Crippen LogP contribution is -2.57. The highest BCUT2D eigenvalue weighted by molar-refractivity contribution is 6.31. The summed E-state index contributed by atoms with van der Waals surface area (Å²) in [5.74, 6) is -1.21. The number of cyclic esters (lactones) is 1. The number of ether oxygens (including phenoxy) is 1. The summed E-state index contributed by atoms with van der Waals surface area (Å²) in [5, 5.41) is 2.59. The SMILES string of the molecule is O=C(C[C@H]1C(=O)OC[C@H]2CCCCN21)Nc1ccc(F)c(Cl)c1. The maximum Gasteiger partial charge on any atom is 0.323 e. The number of fused-ring (bicyclic) bond motifs is 1. The number of nitrogens with zero attached hydrogens (tertiary/aromatic N) is 1. The molecule has 0 unspecified atom stereocenters. The van der Waals surface area contributed by atoms with Crippen molar-refractivity contribution in [2.24, 2.45) is 0 Å². The van der Waals surface area contributed by atoms with Crippen LogP contribution in [0.25, 0.3) is 0 Å². The molecule has 124 valence electrons. The van der Waals surface area contributed by atoms with Gasteiger partial charge < -0.3 is 10.1 Å². The maximum atomic E-state index is 13.1. The van der Waals surface area contributed by atoms with Crippen LogP contribution >= 0.6 is 11.6 Å². The number of esters is 1. The molecule has 0 aliphatic carbocycles. The maximum absolute atomic E-state index is 13.1. The van der Waals surface area contributed by atoms with Crippen LogP contribution < -0.4 is 5.32 Å². The van der Waals surface area contributed by atoms with Gasteiger partial charge in [-0.05, 0) is 37.6 Å². The molecule has 2 aliphatic heterocycles. The third kappa shape index (κ3) is 3.64. The molecule has 0 bridgehead atoms. The summed E-state index contributed by atoms with van der Waals surface area (Å²) in [4.78, 5) is 26.3. The van der Waals surface area contributed by atoms with Crippen molar-refractivity contribution >= 4 is 29.2 Å². The van der Waals surface area contributed by atoms with Gasteiger partial charge in [0.05, 0.1) is 11.4 Å². The zero-order valence-corrected chi connectivity index (χ0v) is 13.3. The largest absolute Gasteiger partial charge is 0.463 e. The fourth-order valence-corrected chi connectivity index (χ4v) is 3.36. The van der Waals surface area contributed by atoms with Gasteiger partial charge in [0.2, 0.25) is 5.91 Å². The van der Waals surface area contributed by atoms with Crippen LogP contribution in [0.4, 0.5) is 10.1 Å². The van der Waals surface area contributed by atoms with E-state index in [0.717, 1.165) is 25.8 Å². The Balaban J connectivity index is 1.65. The van der Waals surface area contributed by atoms with Gasteiger partial charge in [0.1, 0.15) is 18.5 Å². The predicted molar refractivity (Wildman–Crippen MR) is 83.7 cm³/mol. The number of piperidine rings is 1. The summed E-state index contributed by atoms with van der Waals surface area (Å²) in [6.07, 6.45) is 3.14. The summed E-state index contributed by atoms with van der Waals surface area (Å²) >= 11 is 5.69. The van der Waals surface area contributed by atoms with Crippen molar-refractivity contribution in [2.75, 3.05) is 18.5 Å². The molecule has 23 heavy (non-hydrogen) atoms. The Bertz CT molecular complexity index is 625. The number of nitrogens with one attached hydrogen (secondary N) is 1. The Hall–Kier alpha value is -1.66. The van der Waals surface area contributed by atoms with Crippen LogP contribution in [0, 0.1) is 5.82 Å². The van der Waals surface area contributed by atoms with Gasteiger partial charge >= 0.3 is 5.97 Å². The van der Waals surface area contributed by atoms with Crippen molar-refractivity contribution in [1.82, 2.24) is 4.90 Å². The zero-order chi connectivity index (χ0) is 16.4. The minimum atomic E-state index is -0.551. The van der Waals surface area contributed by atoms with E-state index in [-0.39, 0.29) is 29.4 Å². The molecule has 0 aromatic heterocycles. The van der Waals surface area contributed by atoms with Crippen LogP contribution in [0.3, 0.4) is 0 Å². The molecule has 0 saturated carbocycles. The van der Waals surface area contributed by atoms with E-state index >= 15 is 0 Å². The molecule has 0 spiro atoms. The number of hydrogen-bond donors (Lipinski definition) is 1. The summed E-state index contributed by atoms with van der Waals surface area (Å²) < 4.78 is 18.3. The molecule has 2 atom stereocenters. The highest BCUT2D eigenvalue weighted by Crippen LogP contribution is 2.26. The van der Waals surface area contributed by atoms with Crippen LogP contribution in [0.5, 0.6) is 0 Å². The molecule has 2 aliphatic rings. The van der Waals surface area contributed by atoms with Gasteiger partial charge in [-0.2, -0.15) is 0 Å². The number of carbonyl (C=O) groups is 2. The van der Waals surface area contributed by atoms with Gasteiger partial charge in [-0.15, -0.1) is 0 Å². The Morgan fingerprint density at radius 2 is 2.26 bits per heavy atom. The van der Waals surface area contributed by atoms with E-state index in [1.54, 1.807) is 0 Å². The highest BCUT2D eigenvalue weighted by atomic mass is 35.5. The third-order valence-corrected chi connectivity index (χ3v) is 4.63. The van der Waals surface area contributed by atoms with Crippen LogP contribution in [0.15, 0.2) is 18.2 Å². The van der Waals surface area contributed by atoms with Crippen molar-refractivity contribution in [1.29, 1.82) is 0 Å². The first-order valence-electron chi connectivity index (χ1n) is 7.72. The number of rotatable bonds is 3. The second-order valence-electron chi connectivity index (χ2n) is 5.91. The van der Waals surface area contributed by atoms with Gasteiger partial charge in [0.25, 0.3) is 0 Å². The number of carbonyl (C=O) groups excluding carboxylic acids is 2. The van der Waals surface area contributed by atoms with Gasteiger partial charge in [-0.1, -0.05) is 18.0 Å². The van der Waals surface area contributed by atoms with Gasteiger partial charge in [0, 0.05) is 11.7 Å². The van der Waals surface area contributed by atoms with E-state index in [0.29, 0.717) is 12.3 Å². The average Bonchev–Trinajstić information content (AvgIpc) is 2.54. The minimum absolute atomic E-state index is 0.0182. The van der Waals surface area contributed by atoms with Crippen molar-refractivity contribution in [3.05, 3.63) is 29.0 Å². The number of hydrogen-bond acceptors (Lipinski definition) is 4. The Kier molecular flexibility index (Phi) is 4.82. The first-order chi connectivity index (χ1) is 11.0. The smallest absolute Gasteiger partial charge is 0.323 e. The summed E-state index contributed by atoms with van der Waals surface area (Å²) in [7, 11) is 0. The topological polar surface area (TPSA) is 58.6 Å². The molecular weight excluding hydrogens is 323 g/mol. The number of benzene rings is 1. The Morgan fingerprint density at radius 1 is 1.43 bits per heavy atom. The standard InChI is InChI=1S/C16H18ClFN2O3/c17-12-7-10(4-5-13(12)18)19-15(21)8-14-16(22)23-9-11-3-1-2-6-20(11)14/h4-5,7,11,14H,1-3,6,8-9H2,(H,19,21)/t11-,14+/m1/s1. The van der Waals surface area contributed by atoms with E-state index in [2.05, 4.69) is 10.2 Å². The molecule has 0 radical (unpaired) electrons. The first kappa shape index (κ1) is 16.2. The normalized spacial score (nSPS) is 24.7. The molecule has 1 N–H and O–H groups in total. The molecule has 2 fully saturated rings. The van der Waals surface area contributed by atoms with E-state index in [4.69, 9.17) is 16.3 Å². The molecule has 3 rings (SSSR count). The van der Waals surface area contributed by atoms with E-state index in [1.807, 2.05) is 0 Å². The van der Waals surface area contributed by atoms with Crippen molar-refractivity contribution < 1.29 is 18.7 Å². The van der Waals surface area contributed by atoms with Gasteiger partial charge in [-0.3, -0.25) is 14.5 Å². The lowest BCUT2D eigenvalue weighted by atomic mass is 9.97. The summed E-state index contributed by atoms with van der Waals surface area (Å²) in [6.45, 7) is 1.21. The van der Waals surface area contributed by atoms with Crippen LogP contribution in [0.1, 0.15) is 25.7 Å². The van der Waals surface area contributed by atoms with E-state index < -0.39 is 11.9 Å². The van der Waals surface area contributed by atoms with Crippen LogP contribution in [-0.2, 0) is 14.3 Å². The monoisotopic (exact) mass is 340 g/mol. The molecule has 1 aromatic carbocycles. The van der Waals surface area contributed by atoms with Gasteiger partial charge in [-0.25, -0.2) is 4.39 Å². The minimum Gasteiger partial charge on any atom is -0.463 e.